The van der Waals surface area contributed by atoms with Gasteiger partial charge in [0.05, 0.1) is 6.54 Å². The molecule has 0 heterocycles. The fraction of sp³-hybridized carbons (Fsp3) is 0.333. The molecular formula is C21H28N4O2S. The third-order valence-corrected chi connectivity index (χ3v) is 4.55. The average Bonchev–Trinajstić information content (AvgIpc) is 2.69. The molecular weight excluding hydrogens is 372 g/mol. The van der Waals surface area contributed by atoms with E-state index in [1.807, 2.05) is 55.1 Å². The van der Waals surface area contributed by atoms with Gasteiger partial charge < -0.3 is 20.7 Å². The molecule has 0 unspecified atom stereocenters. The first kappa shape index (κ1) is 21.6. The molecule has 0 saturated carbocycles. The van der Waals surface area contributed by atoms with Crippen molar-refractivity contribution in [3.63, 3.8) is 0 Å². The van der Waals surface area contributed by atoms with Crippen LogP contribution >= 0.6 is 11.8 Å². The fourth-order valence-electron chi connectivity index (χ4n) is 2.38. The molecule has 0 atom stereocenters. The summed E-state index contributed by atoms with van der Waals surface area (Å²) in [6.45, 7) is 6.14. The molecule has 2 aromatic rings. The fourth-order valence-corrected chi connectivity index (χ4v) is 3.17. The van der Waals surface area contributed by atoms with Crippen LogP contribution in [-0.2, 0) is 4.79 Å². The first-order valence-electron chi connectivity index (χ1n) is 9.38. The lowest BCUT2D eigenvalue weighted by atomic mass is 10.3. The van der Waals surface area contributed by atoms with Gasteiger partial charge in [-0.05, 0) is 31.2 Å². The molecule has 1 amide bonds. The van der Waals surface area contributed by atoms with E-state index in [-0.39, 0.29) is 5.91 Å². The highest BCUT2D eigenvalue weighted by molar-refractivity contribution is 7.99. The average molecular weight is 401 g/mol. The lowest BCUT2D eigenvalue weighted by Crippen LogP contribution is -2.38. The number of guanidine groups is 1. The summed E-state index contributed by atoms with van der Waals surface area (Å²) < 4.78 is 5.72. The topological polar surface area (TPSA) is 74.8 Å². The van der Waals surface area contributed by atoms with Crippen molar-refractivity contribution < 1.29 is 9.53 Å². The molecule has 0 radical (unpaired) electrons. The van der Waals surface area contributed by atoms with E-state index in [9.17, 15) is 4.79 Å². The van der Waals surface area contributed by atoms with Gasteiger partial charge >= 0.3 is 0 Å². The van der Waals surface area contributed by atoms with Crippen LogP contribution in [0, 0.1) is 0 Å². The van der Waals surface area contributed by atoms with Crippen molar-refractivity contribution in [3.05, 3.63) is 54.6 Å². The number of benzene rings is 2. The van der Waals surface area contributed by atoms with Crippen LogP contribution in [0.2, 0.25) is 0 Å². The van der Waals surface area contributed by atoms with Gasteiger partial charge in [-0.25, -0.2) is 4.99 Å². The molecule has 0 fully saturated rings. The Balaban J connectivity index is 1.72. The van der Waals surface area contributed by atoms with Crippen LogP contribution < -0.4 is 20.7 Å². The van der Waals surface area contributed by atoms with Gasteiger partial charge in [0, 0.05) is 42.4 Å². The van der Waals surface area contributed by atoms with E-state index in [1.165, 1.54) is 11.8 Å². The minimum Gasteiger partial charge on any atom is -0.492 e. The zero-order valence-electron chi connectivity index (χ0n) is 16.4. The highest BCUT2D eigenvalue weighted by atomic mass is 32.2. The first-order valence-corrected chi connectivity index (χ1v) is 10.4. The molecule has 2 aromatic carbocycles. The highest BCUT2D eigenvalue weighted by Crippen LogP contribution is 2.17. The standard InChI is InChI=1S/C21H28N4O2S/c1-3-22-21(24-13-15-28-20-10-5-4-6-11-20)23-12-14-27-19-9-7-8-18(16-19)25-17(2)26/h4-11,16H,3,12-15H2,1-2H3,(H,25,26)(H2,22,23,24). The Bertz CT molecular complexity index is 753. The molecule has 3 N–H and O–H groups in total. The predicted octanol–water partition coefficient (Wildman–Crippen LogP) is 3.37. The van der Waals surface area contributed by atoms with E-state index in [2.05, 4.69) is 33.1 Å². The summed E-state index contributed by atoms with van der Waals surface area (Å²) in [5, 5.41) is 9.32. The van der Waals surface area contributed by atoms with Crippen molar-refractivity contribution in [2.45, 2.75) is 18.7 Å². The molecule has 6 nitrogen and oxygen atoms in total. The van der Waals surface area contributed by atoms with Gasteiger partial charge in [-0.1, -0.05) is 24.3 Å². The van der Waals surface area contributed by atoms with Gasteiger partial charge in [-0.2, -0.15) is 0 Å². The van der Waals surface area contributed by atoms with Crippen LogP contribution in [0.15, 0.2) is 64.5 Å². The molecule has 0 saturated heterocycles. The van der Waals surface area contributed by atoms with Gasteiger partial charge in [0.2, 0.25) is 5.91 Å². The Labute approximate surface area is 171 Å². The number of nitrogens with zero attached hydrogens (tertiary/aromatic N) is 1. The molecule has 0 spiro atoms. The number of amides is 1. The highest BCUT2D eigenvalue weighted by Gasteiger charge is 2.00. The molecule has 2 rings (SSSR count). The van der Waals surface area contributed by atoms with Crippen LogP contribution in [0.5, 0.6) is 5.75 Å². The van der Waals surface area contributed by atoms with Crippen molar-refractivity contribution in [3.8, 4) is 5.75 Å². The molecule has 28 heavy (non-hydrogen) atoms. The van der Waals surface area contributed by atoms with Gasteiger partial charge in [-0.3, -0.25) is 4.79 Å². The summed E-state index contributed by atoms with van der Waals surface area (Å²) in [4.78, 5) is 16.9. The van der Waals surface area contributed by atoms with Gasteiger partial charge in [0.25, 0.3) is 0 Å². The normalized spacial score (nSPS) is 11.0. The maximum Gasteiger partial charge on any atom is 0.221 e. The molecule has 7 heteroatoms. The Morgan fingerprint density at radius 1 is 1.11 bits per heavy atom. The molecule has 0 aromatic heterocycles. The number of hydrogen-bond acceptors (Lipinski definition) is 4. The second-order valence-corrected chi connectivity index (χ2v) is 7.07. The second-order valence-electron chi connectivity index (χ2n) is 5.91. The lowest BCUT2D eigenvalue weighted by molar-refractivity contribution is -0.114. The maximum absolute atomic E-state index is 11.1. The molecule has 0 bridgehead atoms. The number of carbonyl (C=O) groups is 1. The van der Waals surface area contributed by atoms with Gasteiger partial charge in [0.1, 0.15) is 12.4 Å². The number of rotatable bonds is 10. The summed E-state index contributed by atoms with van der Waals surface area (Å²) in [6.07, 6.45) is 0. The van der Waals surface area contributed by atoms with Crippen LogP contribution in [0.1, 0.15) is 13.8 Å². The van der Waals surface area contributed by atoms with Crippen molar-refractivity contribution in [2.24, 2.45) is 4.99 Å². The SMILES string of the molecule is CCNC(=NCCOc1cccc(NC(C)=O)c1)NCCSc1ccccc1. The van der Waals surface area contributed by atoms with E-state index >= 15 is 0 Å². The lowest BCUT2D eigenvalue weighted by Gasteiger charge is -2.12. The largest absolute Gasteiger partial charge is 0.492 e. The maximum atomic E-state index is 11.1. The predicted molar refractivity (Wildman–Crippen MR) is 117 cm³/mol. The summed E-state index contributed by atoms with van der Waals surface area (Å²) in [7, 11) is 0. The van der Waals surface area contributed by atoms with Crippen molar-refractivity contribution in [2.75, 3.05) is 37.3 Å². The van der Waals surface area contributed by atoms with Crippen LogP contribution in [0.3, 0.4) is 0 Å². The molecule has 150 valence electrons. The number of aliphatic imine (C=N–C) groups is 1. The monoisotopic (exact) mass is 400 g/mol. The third-order valence-electron chi connectivity index (χ3n) is 3.54. The van der Waals surface area contributed by atoms with Crippen molar-refractivity contribution >= 4 is 29.3 Å². The number of ether oxygens (including phenoxy) is 1. The summed E-state index contributed by atoms with van der Waals surface area (Å²) in [6, 6.07) is 17.7. The summed E-state index contributed by atoms with van der Waals surface area (Å²) >= 11 is 1.81. The zero-order valence-corrected chi connectivity index (χ0v) is 17.2. The second kappa shape index (κ2) is 12.7. The molecule has 0 aliphatic carbocycles. The quantitative estimate of drug-likeness (QED) is 0.247. The number of nitrogens with one attached hydrogen (secondary N) is 3. The minimum absolute atomic E-state index is 0.103. The first-order chi connectivity index (χ1) is 13.7. The summed E-state index contributed by atoms with van der Waals surface area (Å²) in [5.74, 6) is 2.35. The Kier molecular flexibility index (Phi) is 9.79. The van der Waals surface area contributed by atoms with Gasteiger partial charge in [0.15, 0.2) is 5.96 Å². The Morgan fingerprint density at radius 2 is 1.93 bits per heavy atom. The van der Waals surface area contributed by atoms with Gasteiger partial charge in [-0.15, -0.1) is 11.8 Å². The number of anilines is 1. The van der Waals surface area contributed by atoms with Crippen molar-refractivity contribution in [1.29, 1.82) is 0 Å². The smallest absolute Gasteiger partial charge is 0.221 e. The molecule has 0 aliphatic rings. The van der Waals surface area contributed by atoms with E-state index in [0.29, 0.717) is 18.9 Å². The van der Waals surface area contributed by atoms with E-state index in [4.69, 9.17) is 4.74 Å². The minimum atomic E-state index is -0.103. The number of thioether (sulfide) groups is 1. The summed E-state index contributed by atoms with van der Waals surface area (Å²) in [5.41, 5.74) is 0.722. The van der Waals surface area contributed by atoms with E-state index < -0.39 is 0 Å². The van der Waals surface area contributed by atoms with Crippen molar-refractivity contribution in [1.82, 2.24) is 10.6 Å². The molecule has 0 aliphatic heterocycles. The van der Waals surface area contributed by atoms with E-state index in [0.717, 1.165) is 30.5 Å². The Hall–Kier alpha value is -2.67. The van der Waals surface area contributed by atoms with Crippen LogP contribution in [0.25, 0.3) is 0 Å². The third kappa shape index (κ3) is 8.81. The van der Waals surface area contributed by atoms with Crippen LogP contribution in [0.4, 0.5) is 5.69 Å². The number of carbonyl (C=O) groups excluding carboxylic acids is 1. The Morgan fingerprint density at radius 3 is 2.68 bits per heavy atom. The van der Waals surface area contributed by atoms with E-state index in [1.54, 1.807) is 6.07 Å². The number of hydrogen-bond donors (Lipinski definition) is 3. The zero-order chi connectivity index (χ0) is 20.0. The van der Waals surface area contributed by atoms with Crippen LogP contribution in [-0.4, -0.2) is 43.9 Å².